The van der Waals surface area contributed by atoms with E-state index in [1.807, 2.05) is 12.1 Å². The van der Waals surface area contributed by atoms with Gasteiger partial charge in [0.2, 0.25) is 5.91 Å². The van der Waals surface area contributed by atoms with Crippen LogP contribution in [0.5, 0.6) is 0 Å². The predicted octanol–water partition coefficient (Wildman–Crippen LogP) is 1.57. The van der Waals surface area contributed by atoms with Gasteiger partial charge in [-0.1, -0.05) is 12.1 Å². The fraction of sp³-hybridized carbons (Fsp3) is 0.444. The van der Waals surface area contributed by atoms with E-state index >= 15 is 0 Å². The van der Waals surface area contributed by atoms with E-state index in [1.54, 1.807) is 12.1 Å². The predicted molar refractivity (Wildman–Crippen MR) is 90.4 cm³/mol. The number of nitrogens with one attached hydrogen (secondary N) is 1. The number of aromatic nitrogens is 2. The fourth-order valence-electron chi connectivity index (χ4n) is 3.53. The molecule has 6 nitrogen and oxygen atoms in total. The van der Waals surface area contributed by atoms with Gasteiger partial charge in [-0.05, 0) is 24.5 Å². The number of carbonyl (C=O) groups excluding carboxylic acids is 1. The molecule has 126 valence electrons. The summed E-state index contributed by atoms with van der Waals surface area (Å²) in [6.45, 7) is 4.86. The van der Waals surface area contributed by atoms with E-state index in [4.69, 9.17) is 15.5 Å². The average molecular weight is 326 g/mol. The molecule has 1 amide bonds. The van der Waals surface area contributed by atoms with Crippen LogP contribution in [0.3, 0.4) is 0 Å². The number of amides is 1. The van der Waals surface area contributed by atoms with E-state index in [9.17, 15) is 4.79 Å². The van der Waals surface area contributed by atoms with Crippen molar-refractivity contribution < 1.29 is 9.53 Å². The number of H-pyrrole nitrogens is 1. The number of ether oxygens (including phenoxy) is 1. The number of carbonyl (C=O) groups is 1. The maximum absolute atomic E-state index is 11.2. The molecule has 0 radical (unpaired) electrons. The highest BCUT2D eigenvalue weighted by atomic mass is 16.5. The first-order chi connectivity index (χ1) is 11.7. The first-order valence-corrected chi connectivity index (χ1v) is 8.47. The average Bonchev–Trinajstić information content (AvgIpc) is 3.24. The van der Waals surface area contributed by atoms with E-state index in [1.165, 1.54) is 12.1 Å². The second-order valence-electron chi connectivity index (χ2n) is 6.67. The molecule has 4 rings (SSSR count). The Labute approximate surface area is 141 Å². The number of hydrogen-bond acceptors (Lipinski definition) is 4. The van der Waals surface area contributed by atoms with E-state index in [0.29, 0.717) is 11.5 Å². The van der Waals surface area contributed by atoms with Gasteiger partial charge in [0.25, 0.3) is 0 Å². The molecule has 1 saturated heterocycles. The molecule has 0 unspecified atom stereocenters. The summed E-state index contributed by atoms with van der Waals surface area (Å²) in [6, 6.07) is 7.26. The van der Waals surface area contributed by atoms with Crippen molar-refractivity contribution in [2.45, 2.75) is 19.4 Å². The largest absolute Gasteiger partial charge is 0.381 e. The number of primary amides is 1. The number of rotatable bonds is 4. The number of imidazole rings is 1. The Hall–Kier alpha value is -2.18. The Balaban J connectivity index is 1.48. The van der Waals surface area contributed by atoms with E-state index in [2.05, 4.69) is 9.88 Å². The van der Waals surface area contributed by atoms with Crippen molar-refractivity contribution >= 4 is 5.91 Å². The molecule has 24 heavy (non-hydrogen) atoms. The van der Waals surface area contributed by atoms with Gasteiger partial charge in [-0.15, -0.1) is 0 Å². The zero-order valence-corrected chi connectivity index (χ0v) is 13.6. The molecule has 1 atom stereocenters. The van der Waals surface area contributed by atoms with Crippen molar-refractivity contribution in [3.63, 3.8) is 0 Å². The van der Waals surface area contributed by atoms with Crippen LogP contribution in [-0.2, 0) is 17.7 Å². The van der Waals surface area contributed by atoms with Crippen molar-refractivity contribution in [2.24, 2.45) is 11.7 Å². The summed E-state index contributed by atoms with van der Waals surface area (Å²) in [5.41, 5.74) is 9.14. The summed E-state index contributed by atoms with van der Waals surface area (Å²) in [7, 11) is 0. The van der Waals surface area contributed by atoms with E-state index in [-0.39, 0.29) is 0 Å². The Morgan fingerprint density at radius 1 is 1.38 bits per heavy atom. The van der Waals surface area contributed by atoms with Gasteiger partial charge >= 0.3 is 0 Å². The van der Waals surface area contributed by atoms with Crippen molar-refractivity contribution in [3.8, 4) is 11.4 Å². The molecule has 0 saturated carbocycles. The van der Waals surface area contributed by atoms with Gasteiger partial charge < -0.3 is 15.5 Å². The molecule has 6 heteroatoms. The molecular formula is C18H22N4O2. The van der Waals surface area contributed by atoms with Crippen LogP contribution in [0, 0.1) is 5.92 Å². The van der Waals surface area contributed by atoms with Crippen LogP contribution in [-0.4, -0.2) is 47.1 Å². The standard InChI is InChI=1S/C18H22N4O2/c19-17(23)13-1-3-14(4-2-13)18-20-15-5-7-22(10-16(15)21-18)9-12-6-8-24-11-12/h1-4,12H,5-11H2,(H2,19,23)(H,20,21)/t12-/m0/s1. The molecule has 1 aromatic carbocycles. The van der Waals surface area contributed by atoms with Crippen LogP contribution in [0.25, 0.3) is 11.4 Å². The van der Waals surface area contributed by atoms with Crippen LogP contribution in [0.4, 0.5) is 0 Å². The van der Waals surface area contributed by atoms with E-state index in [0.717, 1.165) is 56.4 Å². The minimum atomic E-state index is -0.410. The third-order valence-electron chi connectivity index (χ3n) is 4.89. The lowest BCUT2D eigenvalue weighted by Gasteiger charge is -2.27. The van der Waals surface area contributed by atoms with Gasteiger partial charge in [0, 0.05) is 43.8 Å². The third kappa shape index (κ3) is 3.07. The molecular weight excluding hydrogens is 304 g/mol. The molecule has 2 aliphatic rings. The van der Waals surface area contributed by atoms with Crippen molar-refractivity contribution in [3.05, 3.63) is 41.2 Å². The number of fused-ring (bicyclic) bond motifs is 1. The van der Waals surface area contributed by atoms with Gasteiger partial charge in [0.1, 0.15) is 5.82 Å². The summed E-state index contributed by atoms with van der Waals surface area (Å²) >= 11 is 0. The Kier molecular flexibility index (Phi) is 4.08. The molecule has 1 fully saturated rings. The fourth-order valence-corrected chi connectivity index (χ4v) is 3.53. The highest BCUT2D eigenvalue weighted by Gasteiger charge is 2.24. The molecule has 0 aliphatic carbocycles. The molecule has 1 aromatic heterocycles. The number of hydrogen-bond donors (Lipinski definition) is 2. The van der Waals surface area contributed by atoms with Gasteiger partial charge in [0.15, 0.2) is 0 Å². The highest BCUT2D eigenvalue weighted by molar-refractivity contribution is 5.93. The quantitative estimate of drug-likeness (QED) is 0.893. The normalized spacial score (nSPS) is 20.9. The number of nitrogens with two attached hydrogens (primary N) is 1. The van der Waals surface area contributed by atoms with Crippen LogP contribution in [0.15, 0.2) is 24.3 Å². The van der Waals surface area contributed by atoms with Gasteiger partial charge in [-0.2, -0.15) is 0 Å². The lowest BCUT2D eigenvalue weighted by atomic mass is 10.1. The summed E-state index contributed by atoms with van der Waals surface area (Å²) < 4.78 is 5.48. The van der Waals surface area contributed by atoms with Crippen molar-refractivity contribution in [2.75, 3.05) is 26.3 Å². The monoisotopic (exact) mass is 326 g/mol. The second-order valence-corrected chi connectivity index (χ2v) is 6.67. The smallest absolute Gasteiger partial charge is 0.248 e. The molecule has 2 aromatic rings. The van der Waals surface area contributed by atoms with Crippen LogP contribution in [0.1, 0.15) is 28.2 Å². The summed E-state index contributed by atoms with van der Waals surface area (Å²) in [6.07, 6.45) is 2.14. The Bertz CT molecular complexity index is 732. The number of nitrogens with zero attached hydrogens (tertiary/aromatic N) is 2. The zero-order valence-electron chi connectivity index (χ0n) is 13.6. The van der Waals surface area contributed by atoms with Gasteiger partial charge in [-0.25, -0.2) is 4.98 Å². The van der Waals surface area contributed by atoms with Crippen molar-refractivity contribution in [1.82, 2.24) is 14.9 Å². The zero-order chi connectivity index (χ0) is 16.5. The molecule has 2 aliphatic heterocycles. The van der Waals surface area contributed by atoms with Crippen molar-refractivity contribution in [1.29, 1.82) is 0 Å². The van der Waals surface area contributed by atoms with Crippen LogP contribution in [0.2, 0.25) is 0 Å². The SMILES string of the molecule is NC(=O)c1ccc(-c2nc3c([nH]2)CN(C[C@@H]2CCOC2)CC3)cc1. The minimum absolute atomic E-state index is 0.410. The number of benzene rings is 1. The molecule has 3 heterocycles. The molecule has 0 spiro atoms. The number of aromatic amines is 1. The minimum Gasteiger partial charge on any atom is -0.381 e. The lowest BCUT2D eigenvalue weighted by molar-refractivity contribution is 0.100. The topological polar surface area (TPSA) is 84.2 Å². The molecule has 3 N–H and O–H groups in total. The maximum atomic E-state index is 11.2. The highest BCUT2D eigenvalue weighted by Crippen LogP contribution is 2.24. The summed E-state index contributed by atoms with van der Waals surface area (Å²) in [5, 5.41) is 0. The Morgan fingerprint density at radius 2 is 2.21 bits per heavy atom. The summed E-state index contributed by atoms with van der Waals surface area (Å²) in [5.74, 6) is 1.11. The Morgan fingerprint density at radius 3 is 2.92 bits per heavy atom. The van der Waals surface area contributed by atoms with Crippen LogP contribution >= 0.6 is 0 Å². The van der Waals surface area contributed by atoms with Gasteiger partial charge in [-0.3, -0.25) is 9.69 Å². The third-order valence-corrected chi connectivity index (χ3v) is 4.89. The lowest BCUT2D eigenvalue weighted by Crippen LogP contribution is -2.34. The first kappa shape index (κ1) is 15.4. The molecule has 0 bridgehead atoms. The second kappa shape index (κ2) is 6.37. The maximum Gasteiger partial charge on any atom is 0.248 e. The first-order valence-electron chi connectivity index (χ1n) is 8.47. The van der Waals surface area contributed by atoms with Gasteiger partial charge in [0.05, 0.1) is 18.0 Å². The summed E-state index contributed by atoms with van der Waals surface area (Å²) in [4.78, 5) is 21.8. The van der Waals surface area contributed by atoms with E-state index < -0.39 is 5.91 Å². The van der Waals surface area contributed by atoms with Crippen LogP contribution < -0.4 is 5.73 Å².